The first-order valence-electron chi connectivity index (χ1n) is 5.76. The van der Waals surface area contributed by atoms with Gasteiger partial charge in [0.1, 0.15) is 6.10 Å². The third-order valence-electron chi connectivity index (χ3n) is 2.69. The fourth-order valence-corrected chi connectivity index (χ4v) is 2.24. The van der Waals surface area contributed by atoms with E-state index in [2.05, 4.69) is 0 Å². The van der Waals surface area contributed by atoms with Gasteiger partial charge in [0.2, 0.25) is 0 Å². The number of hydrogen-bond acceptors (Lipinski definition) is 7. The van der Waals surface area contributed by atoms with Crippen molar-refractivity contribution in [1.29, 1.82) is 0 Å². The number of thioether (sulfide) groups is 1. The van der Waals surface area contributed by atoms with Crippen molar-refractivity contribution in [3.05, 3.63) is 23.3 Å². The molecule has 0 aromatic heterocycles. The number of ether oxygens (including phenoxy) is 1. The summed E-state index contributed by atoms with van der Waals surface area (Å²) in [7, 11) is 1.33. The number of aldehydes is 1. The Morgan fingerprint density at radius 2 is 2.10 bits per heavy atom. The van der Waals surface area contributed by atoms with Crippen molar-refractivity contribution in [2.24, 2.45) is 0 Å². The predicted molar refractivity (Wildman–Crippen MR) is 74.2 cm³/mol. The molecule has 2 unspecified atom stereocenters. The van der Waals surface area contributed by atoms with Crippen molar-refractivity contribution in [1.82, 2.24) is 0 Å². The minimum absolute atomic E-state index is 0.0123. The van der Waals surface area contributed by atoms with Crippen LogP contribution in [0.25, 0.3) is 0 Å². The lowest BCUT2D eigenvalue weighted by atomic mass is 9.98. The highest BCUT2D eigenvalue weighted by Gasteiger charge is 2.24. The van der Waals surface area contributed by atoms with Gasteiger partial charge in [-0.05, 0) is 11.6 Å². The third-order valence-corrected chi connectivity index (χ3v) is 3.61. The topological polar surface area (TPSA) is 104 Å². The van der Waals surface area contributed by atoms with E-state index in [1.165, 1.54) is 26.2 Å². The molecule has 0 aliphatic rings. The summed E-state index contributed by atoms with van der Waals surface area (Å²) >= 11 is 0.863. The standard InChI is InChI=1S/C13H16O6S/c1-7(15)20-6-10(16)12(17)8-3-4-11(19-2)13(18)9(8)5-14/h3-5,10,12,16-18H,6H2,1-2H3. The van der Waals surface area contributed by atoms with E-state index in [1.54, 1.807) is 0 Å². The number of benzene rings is 1. The normalized spacial score (nSPS) is 13.6. The molecule has 1 aromatic carbocycles. The number of hydrogen-bond donors (Lipinski definition) is 3. The summed E-state index contributed by atoms with van der Waals surface area (Å²) < 4.78 is 4.86. The van der Waals surface area contributed by atoms with Crippen molar-refractivity contribution in [3.63, 3.8) is 0 Å². The maximum absolute atomic E-state index is 11.0. The van der Waals surface area contributed by atoms with Crippen LogP contribution < -0.4 is 4.74 Å². The largest absolute Gasteiger partial charge is 0.504 e. The van der Waals surface area contributed by atoms with E-state index in [-0.39, 0.29) is 27.7 Å². The fraction of sp³-hybridized carbons (Fsp3) is 0.385. The van der Waals surface area contributed by atoms with Crippen LogP contribution in [0.2, 0.25) is 0 Å². The van der Waals surface area contributed by atoms with Crippen LogP contribution in [0.15, 0.2) is 12.1 Å². The minimum Gasteiger partial charge on any atom is -0.504 e. The van der Waals surface area contributed by atoms with Crippen molar-refractivity contribution in [2.45, 2.75) is 19.1 Å². The third kappa shape index (κ3) is 3.72. The zero-order valence-electron chi connectivity index (χ0n) is 11.1. The van der Waals surface area contributed by atoms with E-state index >= 15 is 0 Å². The maximum Gasteiger partial charge on any atom is 0.185 e. The predicted octanol–water partition coefficient (Wildman–Crippen LogP) is 0.887. The van der Waals surface area contributed by atoms with E-state index in [0.717, 1.165) is 11.8 Å². The summed E-state index contributed by atoms with van der Waals surface area (Å²) in [5.41, 5.74) is -0.0707. The van der Waals surface area contributed by atoms with Crippen LogP contribution in [-0.2, 0) is 4.79 Å². The molecule has 2 atom stereocenters. The summed E-state index contributed by atoms with van der Waals surface area (Å²) in [6.45, 7) is 1.35. The molecule has 110 valence electrons. The molecule has 0 fully saturated rings. The monoisotopic (exact) mass is 300 g/mol. The van der Waals surface area contributed by atoms with Crippen LogP contribution in [-0.4, -0.2) is 45.7 Å². The van der Waals surface area contributed by atoms with Crippen LogP contribution in [0, 0.1) is 0 Å². The van der Waals surface area contributed by atoms with Crippen LogP contribution in [0.3, 0.4) is 0 Å². The van der Waals surface area contributed by atoms with Gasteiger partial charge < -0.3 is 20.1 Å². The lowest BCUT2D eigenvalue weighted by Gasteiger charge is -2.20. The lowest BCUT2D eigenvalue weighted by Crippen LogP contribution is -2.22. The Labute approximate surface area is 120 Å². The number of carbonyl (C=O) groups is 2. The summed E-state index contributed by atoms with van der Waals surface area (Å²) in [4.78, 5) is 21.9. The number of rotatable bonds is 6. The SMILES string of the molecule is COc1ccc(C(O)C(O)CSC(C)=O)c(C=O)c1O. The van der Waals surface area contributed by atoms with Gasteiger partial charge >= 0.3 is 0 Å². The van der Waals surface area contributed by atoms with Gasteiger partial charge in [0.25, 0.3) is 0 Å². The highest BCUT2D eigenvalue weighted by atomic mass is 32.2. The molecule has 0 amide bonds. The summed E-state index contributed by atoms with van der Waals surface area (Å²) in [5.74, 6) is -0.317. The number of phenolic OH excluding ortho intramolecular Hbond substituents is 1. The Morgan fingerprint density at radius 1 is 1.45 bits per heavy atom. The summed E-state index contributed by atoms with van der Waals surface area (Å²) in [5, 5.41) is 29.4. The molecular weight excluding hydrogens is 284 g/mol. The smallest absolute Gasteiger partial charge is 0.185 e. The molecule has 0 aliphatic carbocycles. The molecule has 20 heavy (non-hydrogen) atoms. The highest BCUT2D eigenvalue weighted by molar-refractivity contribution is 8.13. The molecule has 0 bridgehead atoms. The first kappa shape index (κ1) is 16.5. The van der Waals surface area contributed by atoms with Gasteiger partial charge in [-0.1, -0.05) is 17.8 Å². The Hall–Kier alpha value is -1.57. The molecule has 1 aromatic rings. The highest BCUT2D eigenvalue weighted by Crippen LogP contribution is 2.35. The average Bonchev–Trinajstić information content (AvgIpc) is 2.43. The lowest BCUT2D eigenvalue weighted by molar-refractivity contribution is -0.109. The summed E-state index contributed by atoms with van der Waals surface area (Å²) in [6.07, 6.45) is -2.25. The zero-order valence-corrected chi connectivity index (χ0v) is 11.9. The van der Waals surface area contributed by atoms with Crippen molar-refractivity contribution >= 4 is 23.2 Å². The van der Waals surface area contributed by atoms with Gasteiger partial charge in [0, 0.05) is 12.7 Å². The van der Waals surface area contributed by atoms with Crippen LogP contribution in [0.4, 0.5) is 0 Å². The van der Waals surface area contributed by atoms with Gasteiger partial charge in [-0.2, -0.15) is 0 Å². The quantitative estimate of drug-likeness (QED) is 0.670. The minimum atomic E-state index is -1.39. The summed E-state index contributed by atoms with van der Waals surface area (Å²) in [6, 6.07) is 2.76. The molecule has 3 N–H and O–H groups in total. The van der Waals surface area contributed by atoms with E-state index in [4.69, 9.17) is 4.74 Å². The first-order valence-corrected chi connectivity index (χ1v) is 6.75. The van der Waals surface area contributed by atoms with E-state index in [9.17, 15) is 24.9 Å². The second-order valence-corrected chi connectivity index (χ2v) is 5.25. The van der Waals surface area contributed by atoms with E-state index in [1.807, 2.05) is 0 Å². The Morgan fingerprint density at radius 3 is 2.60 bits per heavy atom. The van der Waals surface area contributed by atoms with Gasteiger partial charge in [-0.15, -0.1) is 0 Å². The van der Waals surface area contributed by atoms with Crippen LogP contribution in [0.5, 0.6) is 11.5 Å². The molecule has 6 nitrogen and oxygen atoms in total. The number of aliphatic hydroxyl groups is 2. The van der Waals surface area contributed by atoms with Crippen molar-refractivity contribution < 1.29 is 29.6 Å². The fourth-order valence-electron chi connectivity index (χ4n) is 1.65. The molecule has 0 saturated heterocycles. The van der Waals surface area contributed by atoms with Crippen molar-refractivity contribution in [2.75, 3.05) is 12.9 Å². The zero-order chi connectivity index (χ0) is 15.3. The maximum atomic E-state index is 11.0. The van der Waals surface area contributed by atoms with Crippen LogP contribution >= 0.6 is 11.8 Å². The molecule has 0 spiro atoms. The molecule has 1 rings (SSSR count). The first-order chi connectivity index (χ1) is 9.42. The number of methoxy groups -OCH3 is 1. The number of phenols is 1. The molecular formula is C13H16O6S. The Balaban J connectivity index is 3.03. The second-order valence-electron chi connectivity index (χ2n) is 4.05. The number of carbonyl (C=O) groups excluding carboxylic acids is 2. The Kier molecular flexibility index (Phi) is 6.00. The Bertz CT molecular complexity index is 502. The number of aromatic hydroxyl groups is 1. The van der Waals surface area contributed by atoms with Crippen LogP contribution in [0.1, 0.15) is 28.9 Å². The van der Waals surface area contributed by atoms with Crippen molar-refractivity contribution in [3.8, 4) is 11.5 Å². The van der Waals surface area contributed by atoms with Gasteiger partial charge in [0.15, 0.2) is 22.9 Å². The van der Waals surface area contributed by atoms with E-state index < -0.39 is 18.0 Å². The molecule has 0 heterocycles. The second kappa shape index (κ2) is 7.28. The van der Waals surface area contributed by atoms with Gasteiger partial charge in [0.05, 0.1) is 18.8 Å². The van der Waals surface area contributed by atoms with Gasteiger partial charge in [-0.3, -0.25) is 9.59 Å². The average molecular weight is 300 g/mol. The van der Waals surface area contributed by atoms with E-state index in [0.29, 0.717) is 6.29 Å². The molecule has 0 saturated carbocycles. The molecule has 0 radical (unpaired) electrons. The van der Waals surface area contributed by atoms with Gasteiger partial charge in [-0.25, -0.2) is 0 Å². The number of aliphatic hydroxyl groups excluding tert-OH is 2. The molecule has 7 heteroatoms. The molecule has 0 aliphatic heterocycles.